The molecule has 0 aliphatic heterocycles. The number of fused-ring (bicyclic) bond motifs is 1. The van der Waals surface area contributed by atoms with Crippen molar-refractivity contribution in [1.82, 2.24) is 9.97 Å². The van der Waals surface area contributed by atoms with Gasteiger partial charge in [0.2, 0.25) is 0 Å². The minimum Gasteiger partial charge on any atom is -0.310 e. The van der Waals surface area contributed by atoms with Crippen molar-refractivity contribution in [3.05, 3.63) is 38.6 Å². The molecule has 1 heterocycles. The van der Waals surface area contributed by atoms with Crippen LogP contribution < -0.4 is 5.56 Å². The Morgan fingerprint density at radius 3 is 2.93 bits per heavy atom. The molecule has 5 heteroatoms. The van der Waals surface area contributed by atoms with Crippen molar-refractivity contribution in [3.8, 4) is 0 Å². The number of halogens is 2. The Morgan fingerprint density at radius 1 is 1.53 bits per heavy atom. The predicted molar refractivity (Wildman–Crippen MR) is 59.4 cm³/mol. The van der Waals surface area contributed by atoms with Gasteiger partial charge in [-0.2, -0.15) is 0 Å². The maximum Gasteiger partial charge on any atom is 0.261 e. The highest BCUT2D eigenvalue weighted by atomic mass is 79.9. The molecule has 0 bridgehead atoms. The molecule has 0 unspecified atom stereocenters. The second-order valence-corrected chi connectivity index (χ2v) is 4.06. The smallest absolute Gasteiger partial charge is 0.261 e. The molecule has 0 amide bonds. The fraction of sp³-hybridized carbons (Fsp3) is 0.200. The van der Waals surface area contributed by atoms with Crippen molar-refractivity contribution in [2.75, 3.05) is 0 Å². The van der Waals surface area contributed by atoms with Crippen LogP contribution in [0.3, 0.4) is 0 Å². The number of hydrogen-bond acceptors (Lipinski definition) is 2. The van der Waals surface area contributed by atoms with E-state index in [0.29, 0.717) is 22.2 Å². The van der Waals surface area contributed by atoms with Crippen molar-refractivity contribution >= 4 is 26.8 Å². The van der Waals surface area contributed by atoms with Gasteiger partial charge >= 0.3 is 0 Å². The maximum atomic E-state index is 13.5. The molecule has 1 N–H and O–H groups in total. The zero-order chi connectivity index (χ0) is 11.0. The Hall–Kier alpha value is -1.23. The monoisotopic (exact) mass is 270 g/mol. The van der Waals surface area contributed by atoms with E-state index >= 15 is 0 Å². The van der Waals surface area contributed by atoms with Gasteiger partial charge in [-0.1, -0.05) is 22.9 Å². The molecular weight excluding hydrogens is 263 g/mol. The lowest BCUT2D eigenvalue weighted by molar-refractivity contribution is 0.637. The highest BCUT2D eigenvalue weighted by Crippen LogP contribution is 2.19. The van der Waals surface area contributed by atoms with Crippen LogP contribution in [0.2, 0.25) is 0 Å². The van der Waals surface area contributed by atoms with E-state index < -0.39 is 11.4 Å². The predicted octanol–water partition coefficient (Wildman–Crippen LogP) is 2.39. The number of aryl methyl sites for hydroxylation is 1. The van der Waals surface area contributed by atoms with E-state index in [9.17, 15) is 9.18 Å². The zero-order valence-corrected chi connectivity index (χ0v) is 9.56. The molecule has 15 heavy (non-hydrogen) atoms. The van der Waals surface area contributed by atoms with Gasteiger partial charge in [0, 0.05) is 10.9 Å². The van der Waals surface area contributed by atoms with Crippen molar-refractivity contribution < 1.29 is 4.39 Å². The van der Waals surface area contributed by atoms with Crippen LogP contribution in [0.25, 0.3) is 10.9 Å². The van der Waals surface area contributed by atoms with E-state index in [4.69, 9.17) is 0 Å². The van der Waals surface area contributed by atoms with E-state index in [1.807, 2.05) is 6.92 Å². The lowest BCUT2D eigenvalue weighted by Gasteiger charge is -2.01. The normalized spacial score (nSPS) is 10.9. The summed E-state index contributed by atoms with van der Waals surface area (Å²) in [6.45, 7) is 1.87. The number of hydrogen-bond donors (Lipinski definition) is 1. The quantitative estimate of drug-likeness (QED) is 0.865. The molecule has 0 saturated carbocycles. The minimum atomic E-state index is -0.559. The van der Waals surface area contributed by atoms with Gasteiger partial charge in [0.1, 0.15) is 17.0 Å². The highest BCUT2D eigenvalue weighted by molar-refractivity contribution is 9.10. The van der Waals surface area contributed by atoms with E-state index in [1.165, 1.54) is 6.07 Å². The molecule has 0 radical (unpaired) electrons. The van der Waals surface area contributed by atoms with Crippen LogP contribution in [0.4, 0.5) is 4.39 Å². The summed E-state index contributed by atoms with van der Waals surface area (Å²) in [5, 5.41) is 0.00963. The van der Waals surface area contributed by atoms with Gasteiger partial charge < -0.3 is 4.98 Å². The van der Waals surface area contributed by atoms with Gasteiger partial charge in [-0.25, -0.2) is 9.37 Å². The number of rotatable bonds is 1. The first-order chi connectivity index (χ1) is 7.11. The van der Waals surface area contributed by atoms with Crippen LogP contribution in [0.1, 0.15) is 12.7 Å². The molecule has 2 aromatic rings. The molecule has 0 aliphatic carbocycles. The van der Waals surface area contributed by atoms with E-state index in [-0.39, 0.29) is 5.39 Å². The highest BCUT2D eigenvalue weighted by Gasteiger charge is 2.09. The lowest BCUT2D eigenvalue weighted by atomic mass is 10.2. The minimum absolute atomic E-state index is 0.00963. The maximum absolute atomic E-state index is 13.5. The summed E-state index contributed by atoms with van der Waals surface area (Å²) >= 11 is 3.16. The first-order valence-corrected chi connectivity index (χ1v) is 5.29. The van der Waals surface area contributed by atoms with Gasteiger partial charge in [0.05, 0.1) is 5.52 Å². The second kappa shape index (κ2) is 3.73. The fourth-order valence-corrected chi connectivity index (χ4v) is 1.83. The molecule has 0 saturated heterocycles. The van der Waals surface area contributed by atoms with Crippen LogP contribution in [0.15, 0.2) is 21.4 Å². The molecule has 0 atom stereocenters. The summed E-state index contributed by atoms with van der Waals surface area (Å²) < 4.78 is 14.0. The summed E-state index contributed by atoms with van der Waals surface area (Å²) in [4.78, 5) is 18.2. The van der Waals surface area contributed by atoms with Gasteiger partial charge in [-0.05, 0) is 12.1 Å². The Kier molecular flexibility index (Phi) is 2.56. The Bertz CT molecular complexity index is 579. The summed E-state index contributed by atoms with van der Waals surface area (Å²) in [5.74, 6) is 0.000720. The average Bonchev–Trinajstić information content (AvgIpc) is 2.15. The molecule has 0 aliphatic rings. The van der Waals surface area contributed by atoms with Crippen molar-refractivity contribution in [1.29, 1.82) is 0 Å². The summed E-state index contributed by atoms with van der Waals surface area (Å²) in [6, 6.07) is 2.89. The van der Waals surface area contributed by atoms with Gasteiger partial charge in [0.15, 0.2) is 0 Å². The number of nitrogens with zero attached hydrogens (tertiary/aromatic N) is 1. The lowest BCUT2D eigenvalue weighted by Crippen LogP contribution is -2.12. The van der Waals surface area contributed by atoms with Gasteiger partial charge in [-0.3, -0.25) is 4.79 Å². The molecule has 3 nitrogen and oxygen atoms in total. The first kappa shape index (κ1) is 10.3. The Labute approximate surface area is 93.5 Å². The molecule has 1 aromatic carbocycles. The van der Waals surface area contributed by atoms with Gasteiger partial charge in [-0.15, -0.1) is 0 Å². The van der Waals surface area contributed by atoms with Crippen molar-refractivity contribution in [3.63, 3.8) is 0 Å². The summed E-state index contributed by atoms with van der Waals surface area (Å²) in [5.41, 5.74) is -0.0516. The number of benzene rings is 1. The summed E-state index contributed by atoms with van der Waals surface area (Å²) in [7, 11) is 0. The molecule has 2 rings (SSSR count). The van der Waals surface area contributed by atoms with Crippen LogP contribution in [-0.2, 0) is 6.42 Å². The third-order valence-corrected chi connectivity index (χ3v) is 2.57. The Morgan fingerprint density at radius 2 is 2.27 bits per heavy atom. The number of aromatic nitrogens is 2. The molecule has 0 spiro atoms. The summed E-state index contributed by atoms with van der Waals surface area (Å²) in [6.07, 6.45) is 0.610. The van der Waals surface area contributed by atoms with Crippen LogP contribution in [-0.4, -0.2) is 9.97 Å². The second-order valence-electron chi connectivity index (χ2n) is 3.15. The fourth-order valence-electron chi connectivity index (χ4n) is 1.41. The van der Waals surface area contributed by atoms with Gasteiger partial charge in [0.25, 0.3) is 5.56 Å². The van der Waals surface area contributed by atoms with E-state index in [1.54, 1.807) is 6.07 Å². The number of nitrogens with one attached hydrogen (secondary N) is 1. The van der Waals surface area contributed by atoms with Crippen molar-refractivity contribution in [2.24, 2.45) is 0 Å². The average molecular weight is 271 g/mol. The first-order valence-electron chi connectivity index (χ1n) is 4.49. The third-order valence-electron chi connectivity index (χ3n) is 2.11. The number of aromatic amines is 1. The van der Waals surface area contributed by atoms with Crippen LogP contribution >= 0.6 is 15.9 Å². The molecule has 1 aromatic heterocycles. The van der Waals surface area contributed by atoms with E-state index in [0.717, 1.165) is 0 Å². The Balaban J connectivity index is 2.91. The molecule has 0 fully saturated rings. The third kappa shape index (κ3) is 1.79. The molecular formula is C10H8BrFN2O. The van der Waals surface area contributed by atoms with Crippen LogP contribution in [0.5, 0.6) is 0 Å². The largest absolute Gasteiger partial charge is 0.310 e. The number of H-pyrrole nitrogens is 1. The van der Waals surface area contributed by atoms with Crippen LogP contribution in [0, 0.1) is 5.82 Å². The topological polar surface area (TPSA) is 45.8 Å². The standard InChI is InChI=1S/C10H8BrFN2O/c1-2-8-13-7-4-5(11)3-6(12)9(7)10(15)14-8/h3-4H,2H2,1H3,(H,13,14,15). The van der Waals surface area contributed by atoms with Crippen molar-refractivity contribution in [2.45, 2.75) is 13.3 Å². The zero-order valence-electron chi connectivity index (χ0n) is 7.97. The molecule has 78 valence electrons. The van der Waals surface area contributed by atoms with E-state index in [2.05, 4.69) is 25.9 Å². The SMILES string of the molecule is CCc1nc2cc(Br)cc(F)c2c(=O)[nH]1.